The fourth-order valence-corrected chi connectivity index (χ4v) is 2.09. The maximum atomic E-state index is 11.9. The van der Waals surface area contributed by atoms with Crippen LogP contribution in [0.1, 0.15) is 0 Å². The summed E-state index contributed by atoms with van der Waals surface area (Å²) < 4.78 is 15.6. The molecule has 0 unspecified atom stereocenters. The lowest BCUT2D eigenvalue weighted by molar-refractivity contribution is -0.118. The fraction of sp³-hybridized carbons (Fsp3) is 0.118. The second-order valence-corrected chi connectivity index (χ2v) is 5.38. The van der Waals surface area contributed by atoms with Gasteiger partial charge >= 0.3 is 0 Å². The van der Waals surface area contributed by atoms with Crippen LogP contribution in [0.25, 0.3) is 11.5 Å². The molecule has 0 aliphatic rings. The summed E-state index contributed by atoms with van der Waals surface area (Å²) in [7, 11) is 1.58. The van der Waals surface area contributed by atoms with Crippen molar-refractivity contribution >= 4 is 23.5 Å². The van der Waals surface area contributed by atoms with Crippen molar-refractivity contribution in [2.24, 2.45) is 0 Å². The number of aromatic nitrogens is 2. The van der Waals surface area contributed by atoms with Crippen LogP contribution in [0.15, 0.2) is 53.1 Å². The van der Waals surface area contributed by atoms with E-state index in [4.69, 9.17) is 25.6 Å². The molecule has 0 aliphatic carbocycles. The largest absolute Gasteiger partial charge is 0.497 e. The van der Waals surface area contributed by atoms with Crippen LogP contribution in [0.3, 0.4) is 0 Å². The van der Waals surface area contributed by atoms with E-state index >= 15 is 0 Å². The first-order valence-corrected chi connectivity index (χ1v) is 7.68. The number of hydrogen-bond acceptors (Lipinski definition) is 6. The average Bonchev–Trinajstić information content (AvgIpc) is 3.10. The summed E-state index contributed by atoms with van der Waals surface area (Å²) in [6.07, 6.45) is 0. The third kappa shape index (κ3) is 4.48. The van der Waals surface area contributed by atoms with Gasteiger partial charge in [0, 0.05) is 10.6 Å². The van der Waals surface area contributed by atoms with Gasteiger partial charge in [0.2, 0.25) is 0 Å². The van der Waals surface area contributed by atoms with Crippen LogP contribution in [-0.2, 0) is 4.79 Å². The third-order valence-corrected chi connectivity index (χ3v) is 3.45. The first-order chi connectivity index (χ1) is 12.1. The van der Waals surface area contributed by atoms with Gasteiger partial charge in [-0.05, 0) is 53.7 Å². The fourth-order valence-electron chi connectivity index (χ4n) is 1.97. The van der Waals surface area contributed by atoms with Crippen molar-refractivity contribution in [3.63, 3.8) is 0 Å². The van der Waals surface area contributed by atoms with Gasteiger partial charge in [0.15, 0.2) is 6.61 Å². The van der Waals surface area contributed by atoms with Crippen LogP contribution < -0.4 is 14.8 Å². The van der Waals surface area contributed by atoms with Crippen LogP contribution in [0.5, 0.6) is 11.5 Å². The topological polar surface area (TPSA) is 86.5 Å². The number of nitrogens with zero attached hydrogens (tertiary/aromatic N) is 2. The molecule has 25 heavy (non-hydrogen) atoms. The van der Waals surface area contributed by atoms with Crippen LogP contribution in [-0.4, -0.2) is 29.8 Å². The molecule has 2 aromatic carbocycles. The summed E-state index contributed by atoms with van der Waals surface area (Å²) in [6, 6.07) is 13.8. The van der Waals surface area contributed by atoms with E-state index in [1.54, 1.807) is 55.6 Å². The SMILES string of the molecule is COc1ccc(-c2nc(NC(=O)COc3ccc(Cl)cc3)no2)cc1. The molecule has 1 N–H and O–H groups in total. The Hall–Kier alpha value is -3.06. The van der Waals surface area contributed by atoms with Gasteiger partial charge in [0.25, 0.3) is 17.7 Å². The van der Waals surface area contributed by atoms with Gasteiger partial charge in [-0.2, -0.15) is 4.98 Å². The molecule has 1 aromatic heterocycles. The number of nitrogens with one attached hydrogen (secondary N) is 1. The summed E-state index contributed by atoms with van der Waals surface area (Å²) in [5.41, 5.74) is 0.714. The first-order valence-electron chi connectivity index (χ1n) is 7.30. The Morgan fingerprint density at radius 3 is 2.48 bits per heavy atom. The number of methoxy groups -OCH3 is 1. The van der Waals surface area contributed by atoms with E-state index < -0.39 is 5.91 Å². The summed E-state index contributed by atoms with van der Waals surface area (Å²) in [6.45, 7) is -0.186. The van der Waals surface area contributed by atoms with Crippen molar-refractivity contribution in [1.82, 2.24) is 10.1 Å². The highest BCUT2D eigenvalue weighted by atomic mass is 35.5. The lowest BCUT2D eigenvalue weighted by Gasteiger charge is -2.04. The predicted molar refractivity (Wildman–Crippen MR) is 91.9 cm³/mol. The van der Waals surface area contributed by atoms with E-state index in [1.807, 2.05) is 0 Å². The molecule has 0 radical (unpaired) electrons. The third-order valence-electron chi connectivity index (χ3n) is 3.20. The minimum absolute atomic E-state index is 0.0653. The maximum Gasteiger partial charge on any atom is 0.270 e. The van der Waals surface area contributed by atoms with Gasteiger partial charge in [0.05, 0.1) is 7.11 Å². The van der Waals surface area contributed by atoms with Crippen molar-refractivity contribution in [1.29, 1.82) is 0 Å². The van der Waals surface area contributed by atoms with E-state index in [-0.39, 0.29) is 18.4 Å². The molecule has 1 amide bonds. The van der Waals surface area contributed by atoms with Crippen LogP contribution in [0, 0.1) is 0 Å². The van der Waals surface area contributed by atoms with Gasteiger partial charge in [-0.1, -0.05) is 11.6 Å². The Balaban J connectivity index is 1.56. The van der Waals surface area contributed by atoms with E-state index in [2.05, 4.69) is 15.5 Å². The number of carbonyl (C=O) groups excluding carboxylic acids is 1. The molecule has 128 valence electrons. The second-order valence-electron chi connectivity index (χ2n) is 4.94. The van der Waals surface area contributed by atoms with Crippen molar-refractivity contribution in [3.05, 3.63) is 53.6 Å². The van der Waals surface area contributed by atoms with E-state index in [9.17, 15) is 4.79 Å². The van der Waals surface area contributed by atoms with E-state index in [0.29, 0.717) is 16.3 Å². The smallest absolute Gasteiger partial charge is 0.270 e. The van der Waals surface area contributed by atoms with Gasteiger partial charge in [-0.3, -0.25) is 10.1 Å². The Morgan fingerprint density at radius 1 is 1.12 bits per heavy atom. The number of halogens is 1. The minimum atomic E-state index is -0.406. The Morgan fingerprint density at radius 2 is 1.80 bits per heavy atom. The number of ether oxygens (including phenoxy) is 2. The van der Waals surface area contributed by atoms with Crippen molar-refractivity contribution in [2.75, 3.05) is 19.0 Å². The van der Waals surface area contributed by atoms with Gasteiger partial charge in [0.1, 0.15) is 11.5 Å². The van der Waals surface area contributed by atoms with Crippen molar-refractivity contribution in [3.8, 4) is 23.0 Å². The van der Waals surface area contributed by atoms with E-state index in [1.165, 1.54) is 0 Å². The molecule has 0 bridgehead atoms. The second kappa shape index (κ2) is 7.67. The molecule has 8 heteroatoms. The number of amides is 1. The molecular formula is C17H14ClN3O4. The van der Waals surface area contributed by atoms with E-state index in [0.717, 1.165) is 5.75 Å². The molecule has 0 spiro atoms. The molecule has 1 heterocycles. The number of hydrogen-bond donors (Lipinski definition) is 1. The zero-order valence-corrected chi connectivity index (χ0v) is 14.0. The van der Waals surface area contributed by atoms with Crippen LogP contribution in [0.2, 0.25) is 5.02 Å². The highest BCUT2D eigenvalue weighted by molar-refractivity contribution is 6.30. The maximum absolute atomic E-state index is 11.9. The molecule has 0 saturated heterocycles. The summed E-state index contributed by atoms with van der Waals surface area (Å²) in [4.78, 5) is 16.0. The molecule has 3 aromatic rings. The van der Waals surface area contributed by atoms with Crippen LogP contribution >= 0.6 is 11.6 Å². The Kier molecular flexibility index (Phi) is 5.15. The average molecular weight is 360 g/mol. The monoisotopic (exact) mass is 359 g/mol. The molecule has 3 rings (SSSR count). The Labute approximate surface area is 148 Å². The zero-order chi connectivity index (χ0) is 17.6. The van der Waals surface area contributed by atoms with Crippen molar-refractivity contribution < 1.29 is 18.8 Å². The number of anilines is 1. The highest BCUT2D eigenvalue weighted by Crippen LogP contribution is 2.21. The molecule has 0 fully saturated rings. The predicted octanol–water partition coefficient (Wildman–Crippen LogP) is 3.42. The van der Waals surface area contributed by atoms with Gasteiger partial charge in [-0.25, -0.2) is 0 Å². The molecule has 0 saturated carbocycles. The van der Waals surface area contributed by atoms with Gasteiger partial charge in [-0.15, -0.1) is 0 Å². The Bertz CT molecular complexity index is 847. The quantitative estimate of drug-likeness (QED) is 0.725. The molecule has 7 nitrogen and oxygen atoms in total. The normalized spacial score (nSPS) is 10.3. The highest BCUT2D eigenvalue weighted by Gasteiger charge is 2.12. The first kappa shape index (κ1) is 16.8. The summed E-state index contributed by atoms with van der Waals surface area (Å²) in [5, 5.41) is 6.82. The summed E-state index contributed by atoms with van der Waals surface area (Å²) >= 11 is 5.78. The zero-order valence-electron chi connectivity index (χ0n) is 13.2. The lowest BCUT2D eigenvalue weighted by Crippen LogP contribution is -2.20. The lowest BCUT2D eigenvalue weighted by atomic mass is 10.2. The molecule has 0 aliphatic heterocycles. The number of rotatable bonds is 6. The summed E-state index contributed by atoms with van der Waals surface area (Å²) in [5.74, 6) is 1.20. The number of benzene rings is 2. The number of carbonyl (C=O) groups is 1. The minimum Gasteiger partial charge on any atom is -0.497 e. The molecule has 0 atom stereocenters. The van der Waals surface area contributed by atoms with Gasteiger partial charge < -0.3 is 14.0 Å². The standard InChI is InChI=1S/C17H14ClN3O4/c1-23-13-6-2-11(3-7-13)16-20-17(21-25-16)19-15(22)10-24-14-8-4-12(18)5-9-14/h2-9H,10H2,1H3,(H,19,21,22). The molecular weight excluding hydrogens is 346 g/mol. The van der Waals surface area contributed by atoms with Crippen LogP contribution in [0.4, 0.5) is 5.95 Å². The van der Waals surface area contributed by atoms with Crippen molar-refractivity contribution in [2.45, 2.75) is 0 Å².